The van der Waals surface area contributed by atoms with Gasteiger partial charge in [0, 0.05) is 5.54 Å². The summed E-state index contributed by atoms with van der Waals surface area (Å²) in [5.74, 6) is 0.939. The van der Waals surface area contributed by atoms with Crippen molar-refractivity contribution in [2.75, 3.05) is 7.11 Å². The van der Waals surface area contributed by atoms with E-state index in [0.29, 0.717) is 0 Å². The minimum absolute atomic E-state index is 0.0546. The molecule has 0 unspecified atom stereocenters. The molecule has 2 rings (SSSR count). The summed E-state index contributed by atoms with van der Waals surface area (Å²) >= 11 is 0. The number of hydrogen-bond donors (Lipinski definition) is 1. The third-order valence-electron chi connectivity index (χ3n) is 2.77. The Labute approximate surface area is 78.7 Å². The highest BCUT2D eigenvalue weighted by Gasteiger charge is 2.40. The van der Waals surface area contributed by atoms with E-state index in [1.165, 1.54) is 5.56 Å². The summed E-state index contributed by atoms with van der Waals surface area (Å²) in [4.78, 5) is 0. The first-order valence-corrected chi connectivity index (χ1v) is 4.60. The van der Waals surface area contributed by atoms with Crippen molar-refractivity contribution in [3.63, 3.8) is 0 Å². The molecule has 0 spiro atoms. The molecule has 0 saturated heterocycles. The maximum Gasteiger partial charge on any atom is 0.122 e. The van der Waals surface area contributed by atoms with Crippen LogP contribution in [0.1, 0.15) is 24.0 Å². The van der Waals surface area contributed by atoms with Crippen LogP contribution < -0.4 is 10.5 Å². The molecule has 0 bridgehead atoms. The lowest BCUT2D eigenvalue weighted by Crippen LogP contribution is -2.18. The van der Waals surface area contributed by atoms with Gasteiger partial charge < -0.3 is 10.5 Å². The fourth-order valence-corrected chi connectivity index (χ4v) is 1.55. The van der Waals surface area contributed by atoms with Crippen molar-refractivity contribution in [1.82, 2.24) is 0 Å². The molecule has 1 aromatic carbocycles. The molecular formula is C11H15NO. The van der Waals surface area contributed by atoms with Crippen LogP contribution in [-0.2, 0) is 5.54 Å². The zero-order valence-electron chi connectivity index (χ0n) is 8.13. The average molecular weight is 177 g/mol. The lowest BCUT2D eigenvalue weighted by molar-refractivity contribution is 0.410. The van der Waals surface area contributed by atoms with Crippen LogP contribution in [0.2, 0.25) is 0 Å². The van der Waals surface area contributed by atoms with Gasteiger partial charge in [-0.25, -0.2) is 0 Å². The van der Waals surface area contributed by atoms with Gasteiger partial charge in [0.15, 0.2) is 0 Å². The normalized spacial score (nSPS) is 18.4. The van der Waals surface area contributed by atoms with Crippen LogP contribution in [0.15, 0.2) is 18.2 Å². The highest BCUT2D eigenvalue weighted by Crippen LogP contribution is 2.43. The predicted octanol–water partition coefficient (Wildman–Crippen LogP) is 1.95. The molecule has 2 N–H and O–H groups in total. The van der Waals surface area contributed by atoms with Gasteiger partial charge >= 0.3 is 0 Å². The van der Waals surface area contributed by atoms with E-state index in [9.17, 15) is 0 Å². The van der Waals surface area contributed by atoms with E-state index in [1.54, 1.807) is 7.11 Å². The molecule has 1 saturated carbocycles. The summed E-state index contributed by atoms with van der Waals surface area (Å²) in [5.41, 5.74) is 8.40. The summed E-state index contributed by atoms with van der Waals surface area (Å²) in [6.45, 7) is 2.04. The van der Waals surface area contributed by atoms with E-state index >= 15 is 0 Å². The average Bonchev–Trinajstić information content (AvgIpc) is 2.86. The Morgan fingerprint density at radius 2 is 2.08 bits per heavy atom. The number of methoxy groups -OCH3 is 1. The number of nitrogens with two attached hydrogens (primary N) is 1. The summed E-state index contributed by atoms with van der Waals surface area (Å²) in [7, 11) is 1.70. The smallest absolute Gasteiger partial charge is 0.122 e. The number of ether oxygens (including phenoxy) is 1. The van der Waals surface area contributed by atoms with Gasteiger partial charge in [0.25, 0.3) is 0 Å². The molecule has 1 aliphatic rings. The highest BCUT2D eigenvalue weighted by atomic mass is 16.5. The molecule has 1 aromatic rings. The monoisotopic (exact) mass is 177 g/mol. The fourth-order valence-electron chi connectivity index (χ4n) is 1.55. The van der Waals surface area contributed by atoms with Crippen molar-refractivity contribution in [3.8, 4) is 5.75 Å². The number of rotatable bonds is 2. The molecule has 1 aliphatic carbocycles. The minimum Gasteiger partial charge on any atom is -0.496 e. The molecule has 2 heteroatoms. The summed E-state index contributed by atoms with van der Waals surface area (Å²) < 4.78 is 5.25. The van der Waals surface area contributed by atoms with Crippen molar-refractivity contribution in [2.45, 2.75) is 25.3 Å². The van der Waals surface area contributed by atoms with E-state index in [0.717, 1.165) is 24.2 Å². The van der Waals surface area contributed by atoms with Crippen molar-refractivity contribution in [3.05, 3.63) is 29.3 Å². The molecule has 0 radical (unpaired) electrons. The van der Waals surface area contributed by atoms with Crippen LogP contribution in [0.25, 0.3) is 0 Å². The third-order valence-corrected chi connectivity index (χ3v) is 2.77. The van der Waals surface area contributed by atoms with Gasteiger partial charge in [-0.15, -0.1) is 0 Å². The second-order valence-corrected chi connectivity index (χ2v) is 3.84. The van der Waals surface area contributed by atoms with Crippen LogP contribution in [0.5, 0.6) is 5.75 Å². The molecule has 0 heterocycles. The van der Waals surface area contributed by atoms with E-state index in [4.69, 9.17) is 10.5 Å². The lowest BCUT2D eigenvalue weighted by atomic mass is 10.0. The Hall–Kier alpha value is -1.02. The van der Waals surface area contributed by atoms with Gasteiger partial charge in [0.2, 0.25) is 0 Å². The molecular weight excluding hydrogens is 162 g/mol. The van der Waals surface area contributed by atoms with Crippen molar-refractivity contribution < 1.29 is 4.74 Å². The first-order chi connectivity index (χ1) is 6.15. The van der Waals surface area contributed by atoms with E-state index < -0.39 is 0 Å². The van der Waals surface area contributed by atoms with Gasteiger partial charge in [-0.2, -0.15) is 0 Å². The maximum absolute atomic E-state index is 6.09. The third kappa shape index (κ3) is 1.42. The zero-order chi connectivity index (χ0) is 9.47. The number of benzene rings is 1. The van der Waals surface area contributed by atoms with Gasteiger partial charge in [-0.1, -0.05) is 12.1 Å². The highest BCUT2D eigenvalue weighted by molar-refractivity contribution is 5.41. The van der Waals surface area contributed by atoms with E-state index in [1.807, 2.05) is 6.92 Å². The molecule has 0 aromatic heterocycles. The summed E-state index contributed by atoms with van der Waals surface area (Å²) in [5, 5.41) is 0. The Morgan fingerprint density at radius 1 is 1.38 bits per heavy atom. The lowest BCUT2D eigenvalue weighted by Gasteiger charge is -2.12. The summed E-state index contributed by atoms with van der Waals surface area (Å²) in [6, 6.07) is 6.23. The number of hydrogen-bond acceptors (Lipinski definition) is 2. The van der Waals surface area contributed by atoms with Crippen LogP contribution in [0, 0.1) is 6.92 Å². The standard InChI is InChI=1S/C11H15NO/c1-8-3-4-9(7-10(8)13-2)11(12)5-6-11/h3-4,7H,5-6,12H2,1-2H3. The molecule has 2 nitrogen and oxygen atoms in total. The molecule has 0 amide bonds. The minimum atomic E-state index is -0.0546. The number of aryl methyl sites for hydroxylation is 1. The first kappa shape index (κ1) is 8.57. The Bertz CT molecular complexity index is 329. The second-order valence-electron chi connectivity index (χ2n) is 3.84. The second kappa shape index (κ2) is 2.74. The molecule has 0 aliphatic heterocycles. The van der Waals surface area contributed by atoms with Gasteiger partial charge in [-0.05, 0) is 37.0 Å². The topological polar surface area (TPSA) is 35.2 Å². The SMILES string of the molecule is COc1cc(C2(N)CC2)ccc1C. The molecule has 0 atom stereocenters. The largest absolute Gasteiger partial charge is 0.496 e. The fraction of sp³-hybridized carbons (Fsp3) is 0.455. The van der Waals surface area contributed by atoms with E-state index in [2.05, 4.69) is 18.2 Å². The first-order valence-electron chi connectivity index (χ1n) is 4.60. The maximum atomic E-state index is 6.09. The molecule has 1 fully saturated rings. The Balaban J connectivity index is 2.39. The van der Waals surface area contributed by atoms with Crippen molar-refractivity contribution in [1.29, 1.82) is 0 Å². The van der Waals surface area contributed by atoms with Gasteiger partial charge in [0.05, 0.1) is 7.11 Å². The predicted molar refractivity (Wildman–Crippen MR) is 52.8 cm³/mol. The zero-order valence-corrected chi connectivity index (χ0v) is 8.13. The Kier molecular flexibility index (Phi) is 1.81. The van der Waals surface area contributed by atoms with Crippen LogP contribution in [0.4, 0.5) is 0 Å². The van der Waals surface area contributed by atoms with Gasteiger partial charge in [-0.3, -0.25) is 0 Å². The molecule has 70 valence electrons. The van der Waals surface area contributed by atoms with Crippen LogP contribution >= 0.6 is 0 Å². The quantitative estimate of drug-likeness (QED) is 0.749. The molecule has 13 heavy (non-hydrogen) atoms. The van der Waals surface area contributed by atoms with Crippen molar-refractivity contribution in [2.24, 2.45) is 5.73 Å². The van der Waals surface area contributed by atoms with Crippen molar-refractivity contribution >= 4 is 0 Å². The Morgan fingerprint density at radius 3 is 2.62 bits per heavy atom. The van der Waals surface area contributed by atoms with Crippen LogP contribution in [0.3, 0.4) is 0 Å². The van der Waals surface area contributed by atoms with Gasteiger partial charge in [0.1, 0.15) is 5.75 Å². The van der Waals surface area contributed by atoms with Crippen LogP contribution in [-0.4, -0.2) is 7.11 Å². The van der Waals surface area contributed by atoms with E-state index in [-0.39, 0.29) is 5.54 Å². The summed E-state index contributed by atoms with van der Waals surface area (Å²) in [6.07, 6.45) is 2.19.